The van der Waals surface area contributed by atoms with Gasteiger partial charge in [-0.25, -0.2) is 0 Å². The van der Waals surface area contributed by atoms with E-state index in [1.54, 1.807) is 6.07 Å². The van der Waals surface area contributed by atoms with Crippen LogP contribution in [0.5, 0.6) is 11.5 Å². The summed E-state index contributed by atoms with van der Waals surface area (Å²) in [5, 5.41) is 41.4. The van der Waals surface area contributed by atoms with Crippen LogP contribution in [0.1, 0.15) is 36.0 Å². The lowest BCUT2D eigenvalue weighted by molar-refractivity contribution is -0.124. The Morgan fingerprint density at radius 1 is 1.00 bits per heavy atom. The second-order valence-corrected chi connectivity index (χ2v) is 7.95. The van der Waals surface area contributed by atoms with Crippen molar-refractivity contribution in [3.05, 3.63) is 76.9 Å². The van der Waals surface area contributed by atoms with E-state index in [0.717, 1.165) is 22.3 Å². The normalized spacial score (nSPS) is 19.6. The molecule has 0 bridgehead atoms. The molecule has 5 N–H and O–H groups in total. The summed E-state index contributed by atoms with van der Waals surface area (Å²) >= 11 is 0. The molecule has 0 heterocycles. The number of phenolic OH excluding ortho intramolecular Hbond substituents is 2. The third kappa shape index (κ3) is 3.72. The Hall–Kier alpha value is -3.09. The number of benzene rings is 2. The molecule has 1 atom stereocenters. The molecular formula is C24H25NO5. The van der Waals surface area contributed by atoms with Gasteiger partial charge in [-0.1, -0.05) is 42.5 Å². The first-order valence-electron chi connectivity index (χ1n) is 10.0. The Morgan fingerprint density at radius 2 is 1.73 bits per heavy atom. The average Bonchev–Trinajstić information content (AvgIpc) is 3.58. The summed E-state index contributed by atoms with van der Waals surface area (Å²) in [6, 6.07) is 11.8. The molecule has 2 aliphatic rings. The number of carbonyl (C=O) groups excluding carboxylic acids is 1. The van der Waals surface area contributed by atoms with E-state index in [0.29, 0.717) is 24.8 Å². The van der Waals surface area contributed by atoms with Gasteiger partial charge in [0.15, 0.2) is 11.5 Å². The highest BCUT2D eigenvalue weighted by Crippen LogP contribution is 2.50. The fourth-order valence-corrected chi connectivity index (χ4v) is 4.01. The molecule has 6 nitrogen and oxygen atoms in total. The lowest BCUT2D eigenvalue weighted by Gasteiger charge is -2.26. The van der Waals surface area contributed by atoms with Crippen molar-refractivity contribution in [2.24, 2.45) is 0 Å². The van der Waals surface area contributed by atoms with Crippen LogP contribution in [-0.4, -0.2) is 39.0 Å². The van der Waals surface area contributed by atoms with E-state index in [-0.39, 0.29) is 36.7 Å². The summed E-state index contributed by atoms with van der Waals surface area (Å²) in [5.41, 5.74) is 3.55. The minimum Gasteiger partial charge on any atom is -0.504 e. The minimum atomic E-state index is -0.678. The predicted octanol–water partition coefficient (Wildman–Crippen LogP) is 2.51. The third-order valence-corrected chi connectivity index (χ3v) is 6.03. The molecule has 0 spiro atoms. The van der Waals surface area contributed by atoms with Crippen LogP contribution in [0.2, 0.25) is 0 Å². The molecule has 0 radical (unpaired) electrons. The molecule has 1 unspecified atom stereocenters. The van der Waals surface area contributed by atoms with Crippen molar-refractivity contribution in [1.29, 1.82) is 0 Å². The fourth-order valence-electron chi connectivity index (χ4n) is 4.01. The number of phenols is 2. The lowest BCUT2D eigenvalue weighted by atomic mass is 9.88. The van der Waals surface area contributed by atoms with E-state index in [4.69, 9.17) is 0 Å². The number of rotatable bonds is 6. The van der Waals surface area contributed by atoms with Crippen molar-refractivity contribution >= 4 is 11.5 Å². The maximum atomic E-state index is 13.1. The van der Waals surface area contributed by atoms with E-state index in [2.05, 4.69) is 5.32 Å². The summed E-state index contributed by atoms with van der Waals surface area (Å²) in [6.45, 7) is -0.120. The zero-order chi connectivity index (χ0) is 21.3. The second-order valence-electron chi connectivity index (χ2n) is 7.95. The van der Waals surface area contributed by atoms with Crippen molar-refractivity contribution in [3.63, 3.8) is 0 Å². The molecule has 2 aromatic rings. The van der Waals surface area contributed by atoms with E-state index in [1.807, 2.05) is 36.4 Å². The number of nitrogens with one attached hydrogen (secondary N) is 1. The Bertz CT molecular complexity index is 1020. The molecule has 1 amide bonds. The molecule has 0 saturated heterocycles. The number of aromatic hydroxyl groups is 2. The molecule has 1 saturated carbocycles. The standard InChI is InChI=1S/C24H25NO5/c26-13-15-1-3-16(4-2-15)20-12-19(7-5-17(20)14-27)25-23(30)24(9-10-24)18-6-8-21(28)22(29)11-18/h1-8,11,19,26-29H,9-10,12-14H2,(H,25,30). The van der Waals surface area contributed by atoms with Gasteiger partial charge in [0.05, 0.1) is 24.7 Å². The van der Waals surface area contributed by atoms with Gasteiger partial charge >= 0.3 is 0 Å². The minimum absolute atomic E-state index is 0.0281. The van der Waals surface area contributed by atoms with Gasteiger partial charge in [-0.05, 0) is 59.2 Å². The van der Waals surface area contributed by atoms with Gasteiger partial charge in [0.25, 0.3) is 0 Å². The van der Waals surface area contributed by atoms with Gasteiger partial charge in [-0.15, -0.1) is 0 Å². The van der Waals surface area contributed by atoms with Crippen molar-refractivity contribution in [2.75, 3.05) is 6.61 Å². The number of aliphatic hydroxyl groups is 2. The molecule has 30 heavy (non-hydrogen) atoms. The van der Waals surface area contributed by atoms with Gasteiger partial charge in [-0.3, -0.25) is 4.79 Å². The van der Waals surface area contributed by atoms with Crippen LogP contribution in [0.3, 0.4) is 0 Å². The molecule has 2 aromatic carbocycles. The molecule has 1 fully saturated rings. The van der Waals surface area contributed by atoms with Gasteiger partial charge in [0.1, 0.15) is 0 Å². The highest BCUT2D eigenvalue weighted by molar-refractivity contribution is 5.92. The zero-order valence-electron chi connectivity index (χ0n) is 16.5. The summed E-state index contributed by atoms with van der Waals surface area (Å²) < 4.78 is 0. The number of amides is 1. The van der Waals surface area contributed by atoms with Crippen LogP contribution in [0, 0.1) is 0 Å². The molecule has 156 valence electrons. The largest absolute Gasteiger partial charge is 0.504 e. The Kier molecular flexibility index (Phi) is 5.37. The van der Waals surface area contributed by atoms with Crippen LogP contribution in [0.25, 0.3) is 5.57 Å². The second kappa shape index (κ2) is 7.97. The van der Waals surface area contributed by atoms with Crippen LogP contribution < -0.4 is 5.32 Å². The SMILES string of the molecule is O=C(NC1C=CC(CO)=C(c2ccc(CO)cc2)C1)C1(c2ccc(O)c(O)c2)CC1. The van der Waals surface area contributed by atoms with E-state index >= 15 is 0 Å². The molecule has 4 rings (SSSR count). The smallest absolute Gasteiger partial charge is 0.231 e. The topological polar surface area (TPSA) is 110 Å². The van der Waals surface area contributed by atoms with E-state index in [1.165, 1.54) is 12.1 Å². The number of hydrogen-bond acceptors (Lipinski definition) is 5. The van der Waals surface area contributed by atoms with Gasteiger partial charge < -0.3 is 25.7 Å². The number of aliphatic hydroxyl groups excluding tert-OH is 2. The Balaban J connectivity index is 1.51. The van der Waals surface area contributed by atoms with E-state index in [9.17, 15) is 25.2 Å². The quantitative estimate of drug-likeness (QED) is 0.473. The Labute approximate surface area is 174 Å². The first-order valence-corrected chi connectivity index (χ1v) is 10.0. The van der Waals surface area contributed by atoms with Crippen LogP contribution in [-0.2, 0) is 16.8 Å². The van der Waals surface area contributed by atoms with Crippen molar-refractivity contribution in [1.82, 2.24) is 5.32 Å². The van der Waals surface area contributed by atoms with Crippen LogP contribution in [0.15, 0.2) is 60.2 Å². The van der Waals surface area contributed by atoms with Crippen molar-refractivity contribution in [2.45, 2.75) is 37.3 Å². The monoisotopic (exact) mass is 407 g/mol. The van der Waals surface area contributed by atoms with Crippen LogP contribution in [0.4, 0.5) is 0 Å². The predicted molar refractivity (Wildman–Crippen MR) is 113 cm³/mol. The highest BCUT2D eigenvalue weighted by Gasteiger charge is 2.51. The number of hydrogen-bond donors (Lipinski definition) is 5. The average molecular weight is 407 g/mol. The Morgan fingerprint density at radius 3 is 2.33 bits per heavy atom. The highest BCUT2D eigenvalue weighted by atomic mass is 16.3. The zero-order valence-corrected chi connectivity index (χ0v) is 16.5. The summed E-state index contributed by atoms with van der Waals surface area (Å²) in [6.07, 6.45) is 5.65. The summed E-state index contributed by atoms with van der Waals surface area (Å²) in [7, 11) is 0. The first kappa shape index (κ1) is 20.2. The molecule has 0 aromatic heterocycles. The lowest BCUT2D eigenvalue weighted by Crippen LogP contribution is -2.41. The van der Waals surface area contributed by atoms with Gasteiger partial charge in [-0.2, -0.15) is 0 Å². The number of carbonyl (C=O) groups is 1. The molecule has 6 heteroatoms. The third-order valence-electron chi connectivity index (χ3n) is 6.03. The molecule has 0 aliphatic heterocycles. The first-order chi connectivity index (χ1) is 14.5. The van der Waals surface area contributed by atoms with Gasteiger partial charge in [0, 0.05) is 0 Å². The van der Waals surface area contributed by atoms with Crippen molar-refractivity contribution < 1.29 is 25.2 Å². The molecule has 2 aliphatic carbocycles. The summed E-state index contributed by atoms with van der Waals surface area (Å²) in [4.78, 5) is 13.1. The maximum Gasteiger partial charge on any atom is 0.231 e. The van der Waals surface area contributed by atoms with Crippen molar-refractivity contribution in [3.8, 4) is 11.5 Å². The van der Waals surface area contributed by atoms with E-state index < -0.39 is 5.41 Å². The summed E-state index contributed by atoms with van der Waals surface area (Å²) in [5.74, 6) is -0.540. The maximum absolute atomic E-state index is 13.1. The van der Waals surface area contributed by atoms with Gasteiger partial charge in [0.2, 0.25) is 5.91 Å². The molecular weight excluding hydrogens is 382 g/mol. The van der Waals surface area contributed by atoms with Crippen LogP contribution >= 0.6 is 0 Å². The fraction of sp³-hybridized carbons (Fsp3) is 0.292.